The van der Waals surface area contributed by atoms with Crippen molar-refractivity contribution in [2.75, 3.05) is 0 Å². The highest BCUT2D eigenvalue weighted by Crippen LogP contribution is 1.86. The Kier molecular flexibility index (Phi) is 15.2. The van der Waals surface area contributed by atoms with E-state index in [4.69, 9.17) is 26.2 Å². The molecule has 9 nitrogen and oxygen atoms in total. The lowest BCUT2D eigenvalue weighted by atomic mass is 10.2. The number of rotatable bonds is 5. The van der Waals surface area contributed by atoms with Gasteiger partial charge in [-0.1, -0.05) is 13.2 Å². The largest absolute Gasteiger partial charge is 0.481 e. The zero-order chi connectivity index (χ0) is 16.0. The first-order valence-corrected chi connectivity index (χ1v) is 4.49. The number of carbonyl (C=O) groups is 4. The fourth-order valence-electron chi connectivity index (χ4n) is 0.275. The maximum absolute atomic E-state index is 9.85. The van der Waals surface area contributed by atoms with Crippen molar-refractivity contribution < 1.29 is 39.6 Å². The highest BCUT2D eigenvalue weighted by molar-refractivity contribution is 5.80. The van der Waals surface area contributed by atoms with Crippen LogP contribution in [0.1, 0.15) is 6.42 Å². The Hall–Kier alpha value is -2.68. The average molecular weight is 277 g/mol. The van der Waals surface area contributed by atoms with E-state index in [1.165, 1.54) is 0 Å². The van der Waals surface area contributed by atoms with E-state index in [9.17, 15) is 19.2 Å². The third-order valence-electron chi connectivity index (χ3n) is 1.06. The van der Waals surface area contributed by atoms with Crippen LogP contribution in [-0.2, 0) is 19.2 Å². The molecule has 0 rings (SSSR count). The van der Waals surface area contributed by atoms with Crippen LogP contribution in [0.5, 0.6) is 0 Å². The third-order valence-corrected chi connectivity index (χ3v) is 1.06. The van der Waals surface area contributed by atoms with Gasteiger partial charge >= 0.3 is 23.9 Å². The second kappa shape index (κ2) is 13.4. The van der Waals surface area contributed by atoms with Crippen molar-refractivity contribution in [2.45, 2.75) is 12.5 Å². The highest BCUT2D eigenvalue weighted by atomic mass is 16.4. The van der Waals surface area contributed by atoms with E-state index in [0.29, 0.717) is 0 Å². The second-order valence-corrected chi connectivity index (χ2v) is 2.63. The van der Waals surface area contributed by atoms with Gasteiger partial charge in [0.25, 0.3) is 0 Å². The molecular weight excluding hydrogens is 262 g/mol. The molecule has 0 bridgehead atoms. The van der Waals surface area contributed by atoms with Gasteiger partial charge in [-0.2, -0.15) is 0 Å². The predicted molar refractivity (Wildman–Crippen MR) is 63.5 cm³/mol. The van der Waals surface area contributed by atoms with Crippen LogP contribution in [0.2, 0.25) is 0 Å². The van der Waals surface area contributed by atoms with Crippen molar-refractivity contribution in [1.82, 2.24) is 0 Å². The van der Waals surface area contributed by atoms with Crippen molar-refractivity contribution in [3.8, 4) is 0 Å². The van der Waals surface area contributed by atoms with Gasteiger partial charge in [0, 0.05) is 12.2 Å². The molecule has 0 radical (unpaired) electrons. The van der Waals surface area contributed by atoms with Crippen LogP contribution in [-0.4, -0.2) is 50.3 Å². The summed E-state index contributed by atoms with van der Waals surface area (Å²) >= 11 is 0. The molecule has 0 heterocycles. The van der Waals surface area contributed by atoms with Crippen LogP contribution < -0.4 is 5.73 Å². The van der Waals surface area contributed by atoms with E-state index >= 15 is 0 Å². The zero-order valence-electron chi connectivity index (χ0n) is 9.85. The van der Waals surface area contributed by atoms with Crippen molar-refractivity contribution in [2.24, 2.45) is 5.73 Å². The molecule has 0 unspecified atom stereocenters. The van der Waals surface area contributed by atoms with Crippen LogP contribution in [0.25, 0.3) is 0 Å². The Labute approximate surface area is 108 Å². The Balaban J connectivity index is -0.000000219. The fourth-order valence-corrected chi connectivity index (χ4v) is 0.275. The van der Waals surface area contributed by atoms with E-state index in [-0.39, 0.29) is 0 Å². The Morgan fingerprint density at radius 1 is 0.947 bits per heavy atom. The maximum atomic E-state index is 9.85. The number of hydrogen-bond acceptors (Lipinski definition) is 5. The molecule has 0 aliphatic carbocycles. The molecule has 0 saturated heterocycles. The SMILES string of the molecule is C=CC(=O)O.C=CC(=O)O.N[C@@H](CC(=O)O)C(=O)O. The summed E-state index contributed by atoms with van der Waals surface area (Å²) in [5.74, 6) is -4.46. The van der Waals surface area contributed by atoms with Gasteiger partial charge in [0.15, 0.2) is 0 Å². The lowest BCUT2D eigenvalue weighted by molar-refractivity contribution is -0.144. The minimum absolute atomic E-state index is 0.532. The molecule has 0 aromatic heterocycles. The van der Waals surface area contributed by atoms with Crippen molar-refractivity contribution >= 4 is 23.9 Å². The van der Waals surface area contributed by atoms with Gasteiger partial charge in [-0.05, 0) is 0 Å². The van der Waals surface area contributed by atoms with Crippen LogP contribution in [0.4, 0.5) is 0 Å². The van der Waals surface area contributed by atoms with Crippen LogP contribution in [0, 0.1) is 0 Å². The molecule has 1 atom stereocenters. The van der Waals surface area contributed by atoms with E-state index in [1.807, 2.05) is 0 Å². The Morgan fingerprint density at radius 2 is 1.21 bits per heavy atom. The van der Waals surface area contributed by atoms with E-state index in [1.54, 1.807) is 0 Å². The fraction of sp³-hybridized carbons (Fsp3) is 0.200. The molecule has 0 aliphatic heterocycles. The summed E-state index contributed by atoms with van der Waals surface area (Å²) in [6.45, 7) is 5.92. The van der Waals surface area contributed by atoms with Gasteiger partial charge in [0.1, 0.15) is 6.04 Å². The van der Waals surface area contributed by atoms with E-state index < -0.39 is 36.3 Å². The van der Waals surface area contributed by atoms with E-state index in [0.717, 1.165) is 12.2 Å². The summed E-state index contributed by atoms with van der Waals surface area (Å²) in [5.41, 5.74) is 4.84. The molecule has 0 aromatic carbocycles. The quantitative estimate of drug-likeness (QED) is 0.410. The topological polar surface area (TPSA) is 175 Å². The summed E-state index contributed by atoms with van der Waals surface area (Å²) in [7, 11) is 0. The number of aliphatic carboxylic acids is 4. The highest BCUT2D eigenvalue weighted by Gasteiger charge is 2.14. The van der Waals surface area contributed by atoms with Gasteiger partial charge in [-0.3, -0.25) is 9.59 Å². The molecule has 9 heteroatoms. The number of carboxylic acids is 4. The molecule has 6 N–H and O–H groups in total. The average Bonchev–Trinajstić information content (AvgIpc) is 2.29. The monoisotopic (exact) mass is 277 g/mol. The van der Waals surface area contributed by atoms with E-state index in [2.05, 4.69) is 13.2 Å². The van der Waals surface area contributed by atoms with Crippen LogP contribution >= 0.6 is 0 Å². The van der Waals surface area contributed by atoms with Crippen molar-refractivity contribution in [1.29, 1.82) is 0 Å². The normalized spacial score (nSPS) is 9.32. The van der Waals surface area contributed by atoms with Crippen LogP contribution in [0.3, 0.4) is 0 Å². The Morgan fingerprint density at radius 3 is 1.26 bits per heavy atom. The first-order valence-electron chi connectivity index (χ1n) is 4.49. The number of nitrogens with two attached hydrogens (primary N) is 1. The summed E-state index contributed by atoms with van der Waals surface area (Å²) in [4.78, 5) is 38.1. The molecule has 19 heavy (non-hydrogen) atoms. The molecule has 0 spiro atoms. The van der Waals surface area contributed by atoms with Gasteiger partial charge < -0.3 is 26.2 Å². The van der Waals surface area contributed by atoms with Gasteiger partial charge in [-0.15, -0.1) is 0 Å². The van der Waals surface area contributed by atoms with Gasteiger partial charge in [0.05, 0.1) is 6.42 Å². The molecule has 0 saturated carbocycles. The second-order valence-electron chi connectivity index (χ2n) is 2.63. The Bertz CT molecular complexity index is 331. The first-order chi connectivity index (χ1) is 8.58. The predicted octanol–water partition coefficient (Wildman–Crippen LogP) is -0.613. The third kappa shape index (κ3) is 31.3. The molecule has 0 fully saturated rings. The van der Waals surface area contributed by atoms with Crippen LogP contribution in [0.15, 0.2) is 25.3 Å². The minimum atomic E-state index is -1.29. The van der Waals surface area contributed by atoms with Gasteiger partial charge in [-0.25, -0.2) is 9.59 Å². The van der Waals surface area contributed by atoms with Gasteiger partial charge in [0.2, 0.25) is 0 Å². The number of hydrogen-bond donors (Lipinski definition) is 5. The zero-order valence-corrected chi connectivity index (χ0v) is 9.85. The first kappa shape index (κ1) is 21.6. The smallest absolute Gasteiger partial charge is 0.327 e. The molecule has 108 valence electrons. The molecule has 0 amide bonds. The lowest BCUT2D eigenvalue weighted by Crippen LogP contribution is -2.32. The summed E-state index contributed by atoms with van der Waals surface area (Å²) < 4.78 is 0. The summed E-state index contributed by atoms with van der Waals surface area (Å²) in [6.07, 6.45) is 1.13. The van der Waals surface area contributed by atoms with Crippen molar-refractivity contribution in [3.05, 3.63) is 25.3 Å². The lowest BCUT2D eigenvalue weighted by Gasteiger charge is -1.99. The van der Waals surface area contributed by atoms with Crippen molar-refractivity contribution in [3.63, 3.8) is 0 Å². The minimum Gasteiger partial charge on any atom is -0.481 e. The maximum Gasteiger partial charge on any atom is 0.327 e. The standard InChI is InChI=1S/C4H7NO4.2C3H4O2/c5-2(4(8)9)1-3(6)7;2*1-2-3(4)5/h2H,1,5H2,(H,6,7)(H,8,9);2*2H,1H2,(H,4,5)/t2-;;/m0../s1. The summed E-state index contributed by atoms with van der Waals surface area (Å²) in [6, 6.07) is -1.29. The molecule has 0 aromatic rings. The number of carboxylic acid groups (broad SMARTS) is 4. The molecular formula is C10H15NO8. The summed E-state index contributed by atoms with van der Waals surface area (Å²) in [5, 5.41) is 31.2. The molecule has 0 aliphatic rings.